The summed E-state index contributed by atoms with van der Waals surface area (Å²) in [5, 5.41) is 6.89. The minimum atomic E-state index is -0.260. The van der Waals surface area contributed by atoms with Crippen LogP contribution in [0.15, 0.2) is 48.0 Å². The maximum Gasteiger partial charge on any atom is 0.290 e. The number of aliphatic imine (C=N–C) groups is 1. The van der Waals surface area contributed by atoms with Crippen LogP contribution in [-0.4, -0.2) is 17.7 Å². The average Bonchev–Trinajstić information content (AvgIpc) is 2.28. The smallest absolute Gasteiger partial charge is 0.290 e. The SMILES string of the molecule is C=CC(N=C=O)c1ccccc1.O=CO. The van der Waals surface area contributed by atoms with Gasteiger partial charge < -0.3 is 5.11 Å². The first-order chi connectivity index (χ1) is 7.29. The number of carbonyl (C=O) groups is 1. The Labute approximate surface area is 87.6 Å². The second-order valence-corrected chi connectivity index (χ2v) is 2.42. The molecule has 0 heterocycles. The largest absolute Gasteiger partial charge is 0.483 e. The molecule has 1 atom stereocenters. The first-order valence-corrected chi connectivity index (χ1v) is 4.12. The number of hydrogen-bond acceptors (Lipinski definition) is 3. The van der Waals surface area contributed by atoms with Gasteiger partial charge in [-0.2, -0.15) is 4.99 Å². The molecule has 0 aliphatic carbocycles. The lowest BCUT2D eigenvalue weighted by molar-refractivity contribution is -0.122. The molecule has 0 radical (unpaired) electrons. The number of carboxylic acid groups (broad SMARTS) is 1. The van der Waals surface area contributed by atoms with Crippen LogP contribution in [0.25, 0.3) is 0 Å². The highest BCUT2D eigenvalue weighted by molar-refractivity contribution is 5.36. The molecule has 4 nitrogen and oxygen atoms in total. The summed E-state index contributed by atoms with van der Waals surface area (Å²) in [7, 11) is 0. The number of rotatable bonds is 3. The fourth-order valence-corrected chi connectivity index (χ4v) is 0.970. The zero-order chi connectivity index (χ0) is 11.5. The van der Waals surface area contributed by atoms with Crippen LogP contribution in [0.4, 0.5) is 0 Å². The van der Waals surface area contributed by atoms with E-state index in [4.69, 9.17) is 9.90 Å². The van der Waals surface area contributed by atoms with Gasteiger partial charge in [-0.3, -0.25) is 4.79 Å². The van der Waals surface area contributed by atoms with Crippen molar-refractivity contribution in [3.63, 3.8) is 0 Å². The van der Waals surface area contributed by atoms with Crippen LogP contribution in [0.3, 0.4) is 0 Å². The van der Waals surface area contributed by atoms with Crippen molar-refractivity contribution in [3.8, 4) is 0 Å². The molecule has 4 heteroatoms. The molecule has 1 N–H and O–H groups in total. The van der Waals surface area contributed by atoms with E-state index in [1.54, 1.807) is 6.08 Å². The molecular weight excluding hydrogens is 194 g/mol. The summed E-state index contributed by atoms with van der Waals surface area (Å²) in [4.78, 5) is 22.0. The Hall–Kier alpha value is -2.19. The van der Waals surface area contributed by atoms with Gasteiger partial charge in [0.2, 0.25) is 6.08 Å². The molecule has 1 aromatic carbocycles. The Morgan fingerprint density at radius 2 is 1.93 bits per heavy atom. The third-order valence-corrected chi connectivity index (χ3v) is 1.56. The Balaban J connectivity index is 0.000000583. The quantitative estimate of drug-likeness (QED) is 0.355. The van der Waals surface area contributed by atoms with Gasteiger partial charge in [0.15, 0.2) is 0 Å². The van der Waals surface area contributed by atoms with E-state index >= 15 is 0 Å². The normalized spacial score (nSPS) is 9.87. The highest BCUT2D eigenvalue weighted by Gasteiger charge is 2.02. The van der Waals surface area contributed by atoms with Crippen LogP contribution < -0.4 is 0 Å². The van der Waals surface area contributed by atoms with Crippen molar-refractivity contribution in [1.29, 1.82) is 0 Å². The molecule has 1 aromatic rings. The zero-order valence-corrected chi connectivity index (χ0v) is 8.04. The fourth-order valence-electron chi connectivity index (χ4n) is 0.970. The Kier molecular flexibility index (Phi) is 7.18. The third kappa shape index (κ3) is 5.18. The molecule has 0 saturated carbocycles. The second-order valence-electron chi connectivity index (χ2n) is 2.42. The predicted molar refractivity (Wildman–Crippen MR) is 56.2 cm³/mol. The maximum atomic E-state index is 10.0. The molecule has 15 heavy (non-hydrogen) atoms. The highest BCUT2D eigenvalue weighted by atomic mass is 16.3. The number of carbonyl (C=O) groups excluding carboxylic acids is 1. The van der Waals surface area contributed by atoms with E-state index in [-0.39, 0.29) is 12.5 Å². The van der Waals surface area contributed by atoms with Gasteiger partial charge in [0.1, 0.15) is 6.04 Å². The minimum Gasteiger partial charge on any atom is -0.483 e. The second kappa shape index (κ2) is 8.41. The summed E-state index contributed by atoms with van der Waals surface area (Å²) in [6.45, 7) is 3.33. The van der Waals surface area contributed by atoms with E-state index in [0.29, 0.717) is 0 Å². The standard InChI is InChI=1S/C10H9NO.CH2O2/c1-2-10(11-8-12)9-6-4-3-5-7-9;2-1-3/h2-7,10H,1H2;1H,(H,2,3). The summed E-state index contributed by atoms with van der Waals surface area (Å²) in [6, 6.07) is 9.23. The Morgan fingerprint density at radius 1 is 1.40 bits per heavy atom. The summed E-state index contributed by atoms with van der Waals surface area (Å²) in [5.74, 6) is 0. The van der Waals surface area contributed by atoms with Crippen LogP contribution in [0.2, 0.25) is 0 Å². The maximum absolute atomic E-state index is 10.0. The van der Waals surface area contributed by atoms with Gasteiger partial charge in [-0.1, -0.05) is 36.4 Å². The van der Waals surface area contributed by atoms with E-state index in [2.05, 4.69) is 11.6 Å². The van der Waals surface area contributed by atoms with Gasteiger partial charge >= 0.3 is 0 Å². The molecular formula is C11H11NO3. The van der Waals surface area contributed by atoms with E-state index < -0.39 is 0 Å². The monoisotopic (exact) mass is 205 g/mol. The Morgan fingerprint density at radius 3 is 2.33 bits per heavy atom. The van der Waals surface area contributed by atoms with E-state index in [1.165, 1.54) is 6.08 Å². The summed E-state index contributed by atoms with van der Waals surface area (Å²) < 4.78 is 0. The lowest BCUT2D eigenvalue weighted by atomic mass is 10.1. The van der Waals surface area contributed by atoms with E-state index in [0.717, 1.165) is 5.56 Å². The molecule has 1 rings (SSSR count). The van der Waals surface area contributed by atoms with Crippen LogP contribution in [0.5, 0.6) is 0 Å². The lowest BCUT2D eigenvalue weighted by Gasteiger charge is -2.03. The van der Waals surface area contributed by atoms with Crippen molar-refractivity contribution in [2.24, 2.45) is 4.99 Å². The number of isocyanates is 1. The number of benzene rings is 1. The van der Waals surface area contributed by atoms with E-state index in [9.17, 15) is 4.79 Å². The number of hydrogen-bond donors (Lipinski definition) is 1. The highest BCUT2D eigenvalue weighted by Crippen LogP contribution is 2.16. The van der Waals surface area contributed by atoms with Gasteiger partial charge in [0, 0.05) is 0 Å². The van der Waals surface area contributed by atoms with Crippen molar-refractivity contribution in [2.75, 3.05) is 0 Å². The minimum absolute atomic E-state index is 0.250. The molecule has 1 unspecified atom stereocenters. The first kappa shape index (κ1) is 12.8. The molecule has 0 aromatic heterocycles. The topological polar surface area (TPSA) is 66.7 Å². The van der Waals surface area contributed by atoms with Crippen molar-refractivity contribution in [2.45, 2.75) is 6.04 Å². The molecule has 0 amide bonds. The molecule has 0 spiro atoms. The van der Waals surface area contributed by atoms with Crippen molar-refractivity contribution in [3.05, 3.63) is 48.6 Å². The fraction of sp³-hybridized carbons (Fsp3) is 0.0909. The summed E-state index contributed by atoms with van der Waals surface area (Å²) in [5.41, 5.74) is 0.954. The van der Waals surface area contributed by atoms with Crippen molar-refractivity contribution >= 4 is 12.6 Å². The molecule has 0 bridgehead atoms. The molecule has 0 fully saturated rings. The zero-order valence-electron chi connectivity index (χ0n) is 8.04. The van der Waals surface area contributed by atoms with Crippen LogP contribution >= 0.6 is 0 Å². The first-order valence-electron chi connectivity index (χ1n) is 4.12. The van der Waals surface area contributed by atoms with Gasteiger partial charge in [-0.15, -0.1) is 6.58 Å². The molecule has 0 aliphatic rings. The van der Waals surface area contributed by atoms with Gasteiger partial charge in [-0.25, -0.2) is 4.79 Å². The average molecular weight is 205 g/mol. The lowest BCUT2D eigenvalue weighted by Crippen LogP contribution is -1.88. The van der Waals surface area contributed by atoms with Gasteiger partial charge in [0.05, 0.1) is 0 Å². The van der Waals surface area contributed by atoms with E-state index in [1.807, 2.05) is 30.3 Å². The van der Waals surface area contributed by atoms with Crippen molar-refractivity contribution < 1.29 is 14.7 Å². The molecule has 0 aliphatic heterocycles. The summed E-state index contributed by atoms with van der Waals surface area (Å²) >= 11 is 0. The van der Waals surface area contributed by atoms with Crippen LogP contribution in [0.1, 0.15) is 11.6 Å². The van der Waals surface area contributed by atoms with Crippen LogP contribution in [-0.2, 0) is 9.59 Å². The molecule has 78 valence electrons. The predicted octanol–water partition coefficient (Wildman–Crippen LogP) is 1.95. The van der Waals surface area contributed by atoms with Crippen molar-refractivity contribution in [1.82, 2.24) is 0 Å². The third-order valence-electron chi connectivity index (χ3n) is 1.56. The molecule has 0 saturated heterocycles. The van der Waals surface area contributed by atoms with Gasteiger partial charge in [0.25, 0.3) is 6.47 Å². The Bertz CT molecular complexity index is 342. The van der Waals surface area contributed by atoms with Gasteiger partial charge in [-0.05, 0) is 5.56 Å². The van der Waals surface area contributed by atoms with Crippen LogP contribution in [0, 0.1) is 0 Å². The summed E-state index contributed by atoms with van der Waals surface area (Å²) in [6.07, 6.45) is 3.13. The number of nitrogens with zero attached hydrogens (tertiary/aromatic N) is 1.